The molecular weight excluding hydrogens is 379 g/mol. The molecule has 2 aromatic heterocycles. The Morgan fingerprint density at radius 2 is 1.90 bits per heavy atom. The number of alkyl halides is 2. The van der Waals surface area contributed by atoms with Gasteiger partial charge in [0.2, 0.25) is 0 Å². The second-order valence-electron chi connectivity index (χ2n) is 8.01. The topological polar surface area (TPSA) is 61.0 Å². The number of rotatable bonds is 7. The van der Waals surface area contributed by atoms with E-state index in [1.807, 2.05) is 20.8 Å². The summed E-state index contributed by atoms with van der Waals surface area (Å²) in [6, 6.07) is 8.96. The molecule has 1 atom stereocenters. The van der Waals surface area contributed by atoms with Crippen LogP contribution in [0.1, 0.15) is 39.3 Å². The summed E-state index contributed by atoms with van der Waals surface area (Å²) in [6.07, 6.45) is -0.597. The molecule has 0 aliphatic carbocycles. The monoisotopic (exact) mass is 403 g/mol. The van der Waals surface area contributed by atoms with Crippen molar-refractivity contribution in [1.29, 1.82) is 0 Å². The molecule has 1 aromatic carbocycles. The van der Waals surface area contributed by atoms with Crippen LogP contribution in [-0.4, -0.2) is 22.1 Å². The predicted molar refractivity (Wildman–Crippen MR) is 107 cm³/mol. The number of fused-ring (bicyclic) bond motifs is 1. The fraction of sp³-hybridized carbons (Fsp3) is 0.364. The van der Waals surface area contributed by atoms with Crippen LogP contribution in [0.25, 0.3) is 22.2 Å². The van der Waals surface area contributed by atoms with Gasteiger partial charge in [-0.3, -0.25) is 4.98 Å². The molecule has 2 N–H and O–H groups in total. The lowest BCUT2D eigenvalue weighted by Crippen LogP contribution is -2.35. The fourth-order valence-corrected chi connectivity index (χ4v) is 3.42. The van der Waals surface area contributed by atoms with E-state index in [9.17, 15) is 13.2 Å². The fourth-order valence-electron chi connectivity index (χ4n) is 3.42. The first-order valence-electron chi connectivity index (χ1n) is 9.39. The summed E-state index contributed by atoms with van der Waals surface area (Å²) in [5.41, 5.74) is 6.60. The lowest BCUT2D eigenvalue weighted by Gasteiger charge is -2.23. The SMILES string of the molecule is CC(COc1ccc(-c2ccnc3cc(F)ccc23)nc1C(F)F)CC(C)(C)N. The van der Waals surface area contributed by atoms with Gasteiger partial charge in [0.05, 0.1) is 17.8 Å². The zero-order valence-corrected chi connectivity index (χ0v) is 16.6. The van der Waals surface area contributed by atoms with Crippen molar-refractivity contribution in [1.82, 2.24) is 9.97 Å². The summed E-state index contributed by atoms with van der Waals surface area (Å²) >= 11 is 0. The molecule has 7 heteroatoms. The quantitative estimate of drug-likeness (QED) is 0.565. The summed E-state index contributed by atoms with van der Waals surface area (Å²) in [5.74, 6) is -0.268. The van der Waals surface area contributed by atoms with Gasteiger partial charge in [0.25, 0.3) is 6.43 Å². The summed E-state index contributed by atoms with van der Waals surface area (Å²) in [6.45, 7) is 6.05. The minimum atomic E-state index is -2.79. The highest BCUT2D eigenvalue weighted by Crippen LogP contribution is 2.33. The molecule has 0 bridgehead atoms. The van der Waals surface area contributed by atoms with Gasteiger partial charge in [0.1, 0.15) is 17.3 Å². The van der Waals surface area contributed by atoms with Crippen LogP contribution in [0.4, 0.5) is 13.2 Å². The van der Waals surface area contributed by atoms with E-state index < -0.39 is 17.9 Å². The Morgan fingerprint density at radius 3 is 2.59 bits per heavy atom. The van der Waals surface area contributed by atoms with E-state index in [0.717, 1.165) is 0 Å². The van der Waals surface area contributed by atoms with Crippen molar-refractivity contribution in [2.24, 2.45) is 11.7 Å². The van der Waals surface area contributed by atoms with E-state index >= 15 is 0 Å². The van der Waals surface area contributed by atoms with Gasteiger partial charge < -0.3 is 10.5 Å². The van der Waals surface area contributed by atoms with Crippen LogP contribution in [-0.2, 0) is 0 Å². The number of benzene rings is 1. The van der Waals surface area contributed by atoms with Crippen molar-refractivity contribution in [3.63, 3.8) is 0 Å². The molecule has 3 rings (SSSR count). The molecule has 0 amide bonds. The van der Waals surface area contributed by atoms with Gasteiger partial charge in [-0.1, -0.05) is 6.92 Å². The Morgan fingerprint density at radius 1 is 1.14 bits per heavy atom. The maximum atomic E-state index is 13.7. The van der Waals surface area contributed by atoms with Crippen LogP contribution in [0.2, 0.25) is 0 Å². The number of hydrogen-bond acceptors (Lipinski definition) is 4. The summed E-state index contributed by atoms with van der Waals surface area (Å²) in [7, 11) is 0. The minimum absolute atomic E-state index is 0.0508. The molecule has 1 unspecified atom stereocenters. The first-order valence-corrected chi connectivity index (χ1v) is 9.39. The van der Waals surface area contributed by atoms with Crippen molar-refractivity contribution in [2.45, 2.75) is 39.2 Å². The Labute approximate surface area is 167 Å². The van der Waals surface area contributed by atoms with Crippen LogP contribution < -0.4 is 10.5 Å². The molecule has 29 heavy (non-hydrogen) atoms. The van der Waals surface area contributed by atoms with E-state index in [4.69, 9.17) is 10.5 Å². The Bertz CT molecular complexity index is 1000. The number of ether oxygens (including phenoxy) is 1. The van der Waals surface area contributed by atoms with E-state index in [1.54, 1.807) is 18.2 Å². The highest BCUT2D eigenvalue weighted by molar-refractivity contribution is 5.93. The smallest absolute Gasteiger partial charge is 0.284 e. The maximum absolute atomic E-state index is 13.7. The number of aromatic nitrogens is 2. The van der Waals surface area contributed by atoms with E-state index in [-0.39, 0.29) is 23.8 Å². The number of hydrogen-bond donors (Lipinski definition) is 1. The molecule has 0 radical (unpaired) electrons. The van der Waals surface area contributed by atoms with Crippen molar-refractivity contribution in [2.75, 3.05) is 6.61 Å². The highest BCUT2D eigenvalue weighted by Gasteiger charge is 2.21. The molecule has 154 valence electrons. The molecule has 0 saturated heterocycles. The Hall–Kier alpha value is -2.67. The van der Waals surface area contributed by atoms with Gasteiger partial charge in [-0.2, -0.15) is 0 Å². The van der Waals surface area contributed by atoms with Crippen LogP contribution in [0, 0.1) is 11.7 Å². The molecule has 0 saturated carbocycles. The van der Waals surface area contributed by atoms with Crippen molar-refractivity contribution >= 4 is 10.9 Å². The lowest BCUT2D eigenvalue weighted by molar-refractivity contribution is 0.136. The molecule has 2 heterocycles. The third-order valence-electron chi connectivity index (χ3n) is 4.47. The Kier molecular flexibility index (Phi) is 6.07. The van der Waals surface area contributed by atoms with Gasteiger partial charge in [-0.25, -0.2) is 18.2 Å². The zero-order valence-electron chi connectivity index (χ0n) is 16.6. The third kappa shape index (κ3) is 5.23. The predicted octanol–water partition coefficient (Wildman–Crippen LogP) is 5.52. The number of halogens is 3. The first-order chi connectivity index (χ1) is 13.6. The van der Waals surface area contributed by atoms with Crippen LogP contribution in [0.15, 0.2) is 42.6 Å². The maximum Gasteiger partial charge on any atom is 0.284 e. The van der Waals surface area contributed by atoms with Crippen molar-refractivity contribution < 1.29 is 17.9 Å². The van der Waals surface area contributed by atoms with Crippen molar-refractivity contribution in [3.05, 3.63) is 54.1 Å². The number of nitrogens with two attached hydrogens (primary N) is 1. The average Bonchev–Trinajstić information content (AvgIpc) is 2.64. The van der Waals surface area contributed by atoms with Crippen LogP contribution >= 0.6 is 0 Å². The number of nitrogens with zero attached hydrogens (tertiary/aromatic N) is 2. The normalized spacial score (nSPS) is 13.1. The van der Waals surface area contributed by atoms with Gasteiger partial charge >= 0.3 is 0 Å². The van der Waals surface area contributed by atoms with E-state index in [0.29, 0.717) is 28.6 Å². The molecular formula is C22H24F3N3O. The van der Waals surface area contributed by atoms with Crippen LogP contribution in [0.5, 0.6) is 5.75 Å². The van der Waals surface area contributed by atoms with Crippen molar-refractivity contribution in [3.8, 4) is 17.0 Å². The van der Waals surface area contributed by atoms with E-state index in [2.05, 4.69) is 9.97 Å². The van der Waals surface area contributed by atoms with Gasteiger partial charge in [0.15, 0.2) is 0 Å². The summed E-state index contributed by atoms with van der Waals surface area (Å²) in [4.78, 5) is 8.28. The van der Waals surface area contributed by atoms with Gasteiger partial charge in [0, 0.05) is 28.8 Å². The van der Waals surface area contributed by atoms with Gasteiger partial charge in [-0.15, -0.1) is 0 Å². The highest BCUT2D eigenvalue weighted by atomic mass is 19.3. The van der Waals surface area contributed by atoms with Gasteiger partial charge in [-0.05, 0) is 56.5 Å². The molecule has 0 spiro atoms. The first kappa shape index (κ1) is 21.0. The largest absolute Gasteiger partial charge is 0.491 e. The Balaban J connectivity index is 1.91. The molecule has 0 aliphatic rings. The van der Waals surface area contributed by atoms with Crippen LogP contribution in [0.3, 0.4) is 0 Å². The molecule has 0 aliphatic heterocycles. The van der Waals surface area contributed by atoms with E-state index in [1.165, 1.54) is 24.4 Å². The number of pyridine rings is 2. The second-order valence-corrected chi connectivity index (χ2v) is 8.01. The molecule has 4 nitrogen and oxygen atoms in total. The zero-order chi connectivity index (χ0) is 21.2. The standard InChI is InChI=1S/C22H24F3N3O/c1-13(11-22(2,3)26)12-29-19-7-6-17(28-20(19)21(24)25)16-8-9-27-18-10-14(23)4-5-15(16)18/h4-10,13,21H,11-12,26H2,1-3H3. The third-order valence-corrected chi connectivity index (χ3v) is 4.47. The molecule has 0 fully saturated rings. The molecule has 3 aromatic rings. The summed E-state index contributed by atoms with van der Waals surface area (Å²) in [5, 5.41) is 0.633. The minimum Gasteiger partial charge on any atom is -0.491 e. The summed E-state index contributed by atoms with van der Waals surface area (Å²) < 4.78 is 46.4. The average molecular weight is 403 g/mol. The lowest BCUT2D eigenvalue weighted by atomic mass is 9.93. The second kappa shape index (κ2) is 8.37.